The maximum absolute atomic E-state index is 11.4. The van der Waals surface area contributed by atoms with E-state index in [9.17, 15) is 4.79 Å². The second-order valence-electron chi connectivity index (χ2n) is 4.91. The van der Waals surface area contributed by atoms with Gasteiger partial charge >= 0.3 is 5.97 Å². The molecule has 0 spiro atoms. The summed E-state index contributed by atoms with van der Waals surface area (Å²) in [6.45, 7) is 7.60. The molecule has 0 saturated carbocycles. The smallest absolute Gasteiger partial charge is 0.328 e. The van der Waals surface area contributed by atoms with E-state index in [0.717, 1.165) is 11.1 Å². The second kappa shape index (κ2) is 5.62. The molecule has 0 radical (unpaired) electrons. The van der Waals surface area contributed by atoms with Gasteiger partial charge in [-0.3, -0.25) is 9.79 Å². The van der Waals surface area contributed by atoms with E-state index in [-0.39, 0.29) is 12.5 Å². The summed E-state index contributed by atoms with van der Waals surface area (Å²) in [5.74, 6) is -0.303. The maximum atomic E-state index is 11.4. The van der Waals surface area contributed by atoms with E-state index in [0.29, 0.717) is 0 Å². The Morgan fingerprint density at radius 1 is 1.35 bits per heavy atom. The predicted octanol–water partition coefficient (Wildman–Crippen LogP) is 2.76. The summed E-state index contributed by atoms with van der Waals surface area (Å²) in [7, 11) is 0. The molecule has 0 bridgehead atoms. The van der Waals surface area contributed by atoms with Gasteiger partial charge in [0.1, 0.15) is 12.1 Å². The van der Waals surface area contributed by atoms with Gasteiger partial charge < -0.3 is 4.74 Å². The van der Waals surface area contributed by atoms with E-state index in [4.69, 9.17) is 4.74 Å². The van der Waals surface area contributed by atoms with Crippen molar-refractivity contribution in [1.29, 1.82) is 0 Å². The van der Waals surface area contributed by atoms with E-state index in [1.807, 2.05) is 52.0 Å². The first kappa shape index (κ1) is 13.4. The quantitative estimate of drug-likeness (QED) is 0.594. The third-order valence-corrected chi connectivity index (χ3v) is 2.06. The molecule has 1 rings (SSSR count). The molecule has 17 heavy (non-hydrogen) atoms. The molecule has 0 unspecified atom stereocenters. The van der Waals surface area contributed by atoms with Crippen LogP contribution >= 0.6 is 0 Å². The highest BCUT2D eigenvalue weighted by molar-refractivity contribution is 5.83. The monoisotopic (exact) mass is 233 g/mol. The zero-order valence-electron chi connectivity index (χ0n) is 10.9. The number of rotatable bonds is 3. The van der Waals surface area contributed by atoms with Crippen LogP contribution in [-0.4, -0.2) is 24.3 Å². The number of esters is 1. The summed E-state index contributed by atoms with van der Waals surface area (Å²) in [4.78, 5) is 15.5. The molecule has 92 valence electrons. The Morgan fingerprint density at radius 3 is 2.59 bits per heavy atom. The highest BCUT2D eigenvalue weighted by Crippen LogP contribution is 2.07. The number of benzene rings is 1. The summed E-state index contributed by atoms with van der Waals surface area (Å²) in [6, 6.07) is 7.89. The topological polar surface area (TPSA) is 38.7 Å². The van der Waals surface area contributed by atoms with Crippen LogP contribution in [0.25, 0.3) is 0 Å². The Bertz CT molecular complexity index is 416. The lowest BCUT2D eigenvalue weighted by molar-refractivity contribution is -0.152. The van der Waals surface area contributed by atoms with Crippen LogP contribution in [0, 0.1) is 6.92 Å². The Hall–Kier alpha value is -1.64. The van der Waals surface area contributed by atoms with Crippen LogP contribution in [0.15, 0.2) is 29.3 Å². The molecule has 3 nitrogen and oxygen atoms in total. The molecule has 0 atom stereocenters. The van der Waals surface area contributed by atoms with Gasteiger partial charge in [0.25, 0.3) is 0 Å². The van der Waals surface area contributed by atoms with Crippen molar-refractivity contribution in [1.82, 2.24) is 0 Å². The van der Waals surface area contributed by atoms with Crippen molar-refractivity contribution in [2.24, 2.45) is 4.99 Å². The Balaban J connectivity index is 2.51. The molecular formula is C14H19NO2. The van der Waals surface area contributed by atoms with E-state index >= 15 is 0 Å². The minimum Gasteiger partial charge on any atom is -0.459 e. The molecule has 0 aromatic heterocycles. The fourth-order valence-corrected chi connectivity index (χ4v) is 1.32. The lowest BCUT2D eigenvalue weighted by Crippen LogP contribution is -2.25. The molecule has 1 aromatic rings. The third-order valence-electron chi connectivity index (χ3n) is 2.06. The van der Waals surface area contributed by atoms with Crippen molar-refractivity contribution >= 4 is 12.2 Å². The van der Waals surface area contributed by atoms with Gasteiger partial charge in [-0.25, -0.2) is 0 Å². The van der Waals surface area contributed by atoms with Gasteiger partial charge in [-0.15, -0.1) is 0 Å². The summed E-state index contributed by atoms with van der Waals surface area (Å²) in [5, 5.41) is 0. The zero-order chi connectivity index (χ0) is 12.9. The Kier molecular flexibility index (Phi) is 4.44. The SMILES string of the molecule is Cc1ccccc1C=NCC(=O)OC(C)(C)C. The predicted molar refractivity (Wildman–Crippen MR) is 69.5 cm³/mol. The average molecular weight is 233 g/mol. The van der Waals surface area contributed by atoms with E-state index in [2.05, 4.69) is 4.99 Å². The van der Waals surface area contributed by atoms with E-state index < -0.39 is 5.60 Å². The van der Waals surface area contributed by atoms with Crippen LogP contribution in [0.4, 0.5) is 0 Å². The molecule has 0 aliphatic heterocycles. The minimum absolute atomic E-state index is 0.0611. The van der Waals surface area contributed by atoms with Gasteiger partial charge in [0, 0.05) is 6.21 Å². The molecular weight excluding hydrogens is 214 g/mol. The Labute approximate surface area is 103 Å². The van der Waals surface area contributed by atoms with Gasteiger partial charge in [0.05, 0.1) is 0 Å². The zero-order valence-corrected chi connectivity index (χ0v) is 10.9. The summed E-state index contributed by atoms with van der Waals surface area (Å²) < 4.78 is 5.15. The van der Waals surface area contributed by atoms with Gasteiger partial charge in [0.15, 0.2) is 0 Å². The van der Waals surface area contributed by atoms with Crippen LogP contribution in [-0.2, 0) is 9.53 Å². The van der Waals surface area contributed by atoms with Crippen molar-refractivity contribution in [2.75, 3.05) is 6.54 Å². The number of ether oxygens (including phenoxy) is 1. The molecule has 0 N–H and O–H groups in total. The molecule has 0 amide bonds. The Morgan fingerprint density at radius 2 is 2.00 bits per heavy atom. The fourth-order valence-electron chi connectivity index (χ4n) is 1.32. The number of hydrogen-bond donors (Lipinski definition) is 0. The number of nitrogens with zero attached hydrogens (tertiary/aromatic N) is 1. The van der Waals surface area contributed by atoms with Gasteiger partial charge in [-0.2, -0.15) is 0 Å². The lowest BCUT2D eigenvalue weighted by Gasteiger charge is -2.18. The van der Waals surface area contributed by atoms with Crippen molar-refractivity contribution < 1.29 is 9.53 Å². The van der Waals surface area contributed by atoms with E-state index in [1.54, 1.807) is 6.21 Å². The van der Waals surface area contributed by atoms with Crippen molar-refractivity contribution in [2.45, 2.75) is 33.3 Å². The molecule has 1 aromatic carbocycles. The van der Waals surface area contributed by atoms with Crippen LogP contribution in [0.2, 0.25) is 0 Å². The van der Waals surface area contributed by atoms with E-state index in [1.165, 1.54) is 0 Å². The lowest BCUT2D eigenvalue weighted by atomic mass is 10.1. The molecule has 0 aliphatic rings. The molecule has 0 saturated heterocycles. The number of carbonyl (C=O) groups excluding carboxylic acids is 1. The number of aliphatic imine (C=N–C) groups is 1. The first-order valence-electron chi connectivity index (χ1n) is 5.66. The van der Waals surface area contributed by atoms with Crippen molar-refractivity contribution in [3.05, 3.63) is 35.4 Å². The van der Waals surface area contributed by atoms with Crippen molar-refractivity contribution in [3.63, 3.8) is 0 Å². The third kappa shape index (κ3) is 5.29. The second-order valence-corrected chi connectivity index (χ2v) is 4.91. The first-order chi connectivity index (χ1) is 7.88. The highest BCUT2D eigenvalue weighted by Gasteiger charge is 2.15. The standard InChI is InChI=1S/C14H19NO2/c1-11-7-5-6-8-12(11)9-15-10-13(16)17-14(2,3)4/h5-9H,10H2,1-4H3. The number of carbonyl (C=O) groups is 1. The highest BCUT2D eigenvalue weighted by atomic mass is 16.6. The average Bonchev–Trinajstić information content (AvgIpc) is 2.18. The minimum atomic E-state index is -0.449. The number of aryl methyl sites for hydroxylation is 1. The van der Waals surface area contributed by atoms with Gasteiger partial charge in [-0.1, -0.05) is 24.3 Å². The molecule has 3 heteroatoms. The van der Waals surface area contributed by atoms with Crippen LogP contribution in [0.3, 0.4) is 0 Å². The van der Waals surface area contributed by atoms with Crippen LogP contribution in [0.1, 0.15) is 31.9 Å². The summed E-state index contributed by atoms with van der Waals surface area (Å²) >= 11 is 0. The maximum Gasteiger partial charge on any atom is 0.328 e. The fraction of sp³-hybridized carbons (Fsp3) is 0.429. The van der Waals surface area contributed by atoms with Gasteiger partial charge in [-0.05, 0) is 38.8 Å². The first-order valence-corrected chi connectivity index (χ1v) is 5.66. The molecule has 0 aliphatic carbocycles. The van der Waals surface area contributed by atoms with Gasteiger partial charge in [0.2, 0.25) is 0 Å². The molecule has 0 heterocycles. The van der Waals surface area contributed by atoms with Crippen molar-refractivity contribution in [3.8, 4) is 0 Å². The molecule has 0 fully saturated rings. The summed E-state index contributed by atoms with van der Waals surface area (Å²) in [6.07, 6.45) is 1.71. The summed E-state index contributed by atoms with van der Waals surface area (Å²) in [5.41, 5.74) is 1.71. The number of hydrogen-bond acceptors (Lipinski definition) is 3. The van der Waals surface area contributed by atoms with Crippen LogP contribution < -0.4 is 0 Å². The van der Waals surface area contributed by atoms with Crippen LogP contribution in [0.5, 0.6) is 0 Å². The normalized spacial score (nSPS) is 11.8. The largest absolute Gasteiger partial charge is 0.459 e.